The summed E-state index contributed by atoms with van der Waals surface area (Å²) in [4.78, 5) is 5.56. The molecule has 6 heteroatoms. The van der Waals surface area contributed by atoms with E-state index in [1.54, 1.807) is 18.0 Å². The summed E-state index contributed by atoms with van der Waals surface area (Å²) in [6.45, 7) is 2.14. The molecule has 2 aromatic carbocycles. The summed E-state index contributed by atoms with van der Waals surface area (Å²) < 4.78 is 0. The lowest BCUT2D eigenvalue weighted by molar-refractivity contribution is 0.609. The van der Waals surface area contributed by atoms with E-state index in [1.165, 1.54) is 5.56 Å². The van der Waals surface area contributed by atoms with Gasteiger partial charge < -0.3 is 10.6 Å². The average molecular weight is 428 g/mol. The minimum atomic E-state index is 0.268. The maximum absolute atomic E-state index is 5.97. The SMILES string of the molecule is CC(CCc1ccccc1)NC(=S)Nc1cccnc1Sc1ccc(Cl)cc1. The highest BCUT2D eigenvalue weighted by molar-refractivity contribution is 7.99. The Morgan fingerprint density at radius 2 is 1.82 bits per heavy atom. The van der Waals surface area contributed by atoms with Gasteiger partial charge >= 0.3 is 0 Å². The van der Waals surface area contributed by atoms with Gasteiger partial charge in [-0.15, -0.1) is 0 Å². The molecule has 0 aliphatic heterocycles. The quantitative estimate of drug-likeness (QED) is 0.439. The second-order valence-electron chi connectivity index (χ2n) is 6.44. The average Bonchev–Trinajstić information content (AvgIpc) is 2.70. The van der Waals surface area contributed by atoms with Crippen LogP contribution in [0.3, 0.4) is 0 Å². The number of rotatable bonds is 7. The highest BCUT2D eigenvalue weighted by atomic mass is 35.5. The van der Waals surface area contributed by atoms with E-state index in [1.807, 2.05) is 42.5 Å². The van der Waals surface area contributed by atoms with Crippen LogP contribution in [0.5, 0.6) is 0 Å². The Balaban J connectivity index is 1.55. The Hall–Kier alpha value is -2.08. The van der Waals surface area contributed by atoms with Crippen LogP contribution in [0, 0.1) is 0 Å². The normalized spacial score (nSPS) is 11.6. The molecular weight excluding hydrogens is 406 g/mol. The predicted octanol–water partition coefficient (Wildman–Crippen LogP) is 6.19. The standard InChI is InChI=1S/C22H22ClN3S2/c1-16(9-10-17-6-3-2-4-7-17)25-22(27)26-20-8-5-15-24-21(20)28-19-13-11-18(23)12-14-19/h2-8,11-16H,9-10H2,1H3,(H2,25,26,27). The fourth-order valence-electron chi connectivity index (χ4n) is 2.66. The molecule has 1 heterocycles. The Bertz CT molecular complexity index is 901. The number of benzene rings is 2. The van der Waals surface area contributed by atoms with Crippen LogP contribution in [-0.2, 0) is 6.42 Å². The van der Waals surface area contributed by atoms with Crippen LogP contribution >= 0.6 is 35.6 Å². The third-order valence-electron chi connectivity index (χ3n) is 4.13. The van der Waals surface area contributed by atoms with E-state index in [2.05, 4.69) is 46.8 Å². The Kier molecular flexibility index (Phi) is 7.71. The molecule has 1 atom stereocenters. The molecule has 3 nitrogen and oxygen atoms in total. The number of pyridine rings is 1. The van der Waals surface area contributed by atoms with Crippen LogP contribution < -0.4 is 10.6 Å². The van der Waals surface area contributed by atoms with Gasteiger partial charge in [0, 0.05) is 22.2 Å². The van der Waals surface area contributed by atoms with Gasteiger partial charge in [0.05, 0.1) is 5.69 Å². The number of halogens is 1. The molecule has 0 spiro atoms. The summed E-state index contributed by atoms with van der Waals surface area (Å²) >= 11 is 13.0. The smallest absolute Gasteiger partial charge is 0.171 e. The van der Waals surface area contributed by atoms with Gasteiger partial charge in [-0.1, -0.05) is 53.7 Å². The second-order valence-corrected chi connectivity index (χ2v) is 8.34. The minimum absolute atomic E-state index is 0.268. The number of nitrogens with zero attached hydrogens (tertiary/aromatic N) is 1. The lowest BCUT2D eigenvalue weighted by Crippen LogP contribution is -2.36. The molecule has 0 amide bonds. The van der Waals surface area contributed by atoms with Crippen molar-refractivity contribution in [1.29, 1.82) is 0 Å². The first-order chi connectivity index (χ1) is 13.6. The summed E-state index contributed by atoms with van der Waals surface area (Å²) in [6, 6.07) is 22.3. The van der Waals surface area contributed by atoms with Crippen molar-refractivity contribution in [3.8, 4) is 0 Å². The van der Waals surface area contributed by atoms with Crippen LogP contribution in [0.2, 0.25) is 5.02 Å². The summed E-state index contributed by atoms with van der Waals surface area (Å²) in [6.07, 6.45) is 3.80. The number of anilines is 1. The van der Waals surface area contributed by atoms with E-state index in [-0.39, 0.29) is 6.04 Å². The lowest BCUT2D eigenvalue weighted by Gasteiger charge is -2.18. The fourth-order valence-corrected chi connectivity index (χ4v) is 3.94. The first kappa shape index (κ1) is 20.6. The van der Waals surface area contributed by atoms with Crippen molar-refractivity contribution in [1.82, 2.24) is 10.3 Å². The zero-order chi connectivity index (χ0) is 19.8. The third kappa shape index (κ3) is 6.51. The molecule has 0 saturated carbocycles. The molecule has 3 rings (SSSR count). The van der Waals surface area contributed by atoms with Gasteiger partial charge in [-0.05, 0) is 73.9 Å². The van der Waals surface area contributed by atoms with E-state index in [0.29, 0.717) is 5.11 Å². The van der Waals surface area contributed by atoms with Crippen molar-refractivity contribution in [2.75, 3.05) is 5.32 Å². The summed E-state index contributed by atoms with van der Waals surface area (Å²) in [5.74, 6) is 0. The number of aromatic nitrogens is 1. The zero-order valence-electron chi connectivity index (χ0n) is 15.6. The molecule has 1 aromatic heterocycles. The van der Waals surface area contributed by atoms with Gasteiger partial charge in [-0.2, -0.15) is 0 Å². The highest BCUT2D eigenvalue weighted by Crippen LogP contribution is 2.32. The predicted molar refractivity (Wildman–Crippen MR) is 123 cm³/mol. The van der Waals surface area contributed by atoms with Crippen molar-refractivity contribution in [2.24, 2.45) is 0 Å². The van der Waals surface area contributed by atoms with Crippen LogP contribution in [0.4, 0.5) is 5.69 Å². The molecule has 2 N–H and O–H groups in total. The molecule has 0 radical (unpaired) electrons. The van der Waals surface area contributed by atoms with Crippen LogP contribution in [0.25, 0.3) is 0 Å². The molecule has 144 valence electrons. The fraction of sp³-hybridized carbons (Fsp3) is 0.182. The zero-order valence-corrected chi connectivity index (χ0v) is 18.0. The Labute approximate surface area is 180 Å². The Morgan fingerprint density at radius 3 is 2.57 bits per heavy atom. The van der Waals surface area contributed by atoms with Gasteiger partial charge in [0.25, 0.3) is 0 Å². The molecule has 0 saturated heterocycles. The molecular formula is C22H22ClN3S2. The third-order valence-corrected chi connectivity index (χ3v) is 5.63. The van der Waals surface area contributed by atoms with Crippen LogP contribution in [-0.4, -0.2) is 16.1 Å². The highest BCUT2D eigenvalue weighted by Gasteiger charge is 2.09. The largest absolute Gasteiger partial charge is 0.360 e. The molecule has 0 bridgehead atoms. The maximum Gasteiger partial charge on any atom is 0.171 e. The number of hydrogen-bond donors (Lipinski definition) is 2. The van der Waals surface area contributed by atoms with E-state index < -0.39 is 0 Å². The van der Waals surface area contributed by atoms with E-state index in [0.717, 1.165) is 33.5 Å². The number of thiocarbonyl (C=S) groups is 1. The first-order valence-electron chi connectivity index (χ1n) is 9.10. The first-order valence-corrected chi connectivity index (χ1v) is 10.7. The molecule has 0 aliphatic rings. The van der Waals surface area contributed by atoms with Crippen molar-refractivity contribution in [2.45, 2.75) is 35.7 Å². The van der Waals surface area contributed by atoms with Gasteiger partial charge in [0.2, 0.25) is 0 Å². The van der Waals surface area contributed by atoms with Crippen molar-refractivity contribution in [3.05, 3.63) is 83.5 Å². The van der Waals surface area contributed by atoms with E-state index >= 15 is 0 Å². The summed E-state index contributed by atoms with van der Waals surface area (Å²) in [5.41, 5.74) is 2.22. The monoisotopic (exact) mass is 427 g/mol. The minimum Gasteiger partial charge on any atom is -0.360 e. The summed E-state index contributed by atoms with van der Waals surface area (Å²) in [7, 11) is 0. The number of aryl methyl sites for hydroxylation is 1. The van der Waals surface area contributed by atoms with Crippen molar-refractivity contribution < 1.29 is 0 Å². The van der Waals surface area contributed by atoms with Gasteiger partial charge in [0.1, 0.15) is 5.03 Å². The van der Waals surface area contributed by atoms with E-state index in [9.17, 15) is 0 Å². The maximum atomic E-state index is 5.97. The van der Waals surface area contributed by atoms with Crippen molar-refractivity contribution in [3.63, 3.8) is 0 Å². The second kappa shape index (κ2) is 10.5. The molecule has 0 aliphatic carbocycles. The topological polar surface area (TPSA) is 37.0 Å². The summed E-state index contributed by atoms with van der Waals surface area (Å²) in [5, 5.41) is 8.84. The number of hydrogen-bond acceptors (Lipinski definition) is 3. The van der Waals surface area contributed by atoms with Gasteiger partial charge in [0.15, 0.2) is 5.11 Å². The van der Waals surface area contributed by atoms with Crippen molar-refractivity contribution >= 4 is 46.4 Å². The van der Waals surface area contributed by atoms with Crippen LogP contribution in [0.15, 0.2) is 82.8 Å². The number of nitrogens with one attached hydrogen (secondary N) is 2. The van der Waals surface area contributed by atoms with E-state index in [4.69, 9.17) is 23.8 Å². The van der Waals surface area contributed by atoms with Gasteiger partial charge in [-0.3, -0.25) is 0 Å². The van der Waals surface area contributed by atoms with Gasteiger partial charge in [-0.25, -0.2) is 4.98 Å². The molecule has 3 aromatic rings. The molecule has 0 fully saturated rings. The molecule has 28 heavy (non-hydrogen) atoms. The van der Waals surface area contributed by atoms with Crippen LogP contribution in [0.1, 0.15) is 18.9 Å². The lowest BCUT2D eigenvalue weighted by atomic mass is 10.1. The molecule has 1 unspecified atom stereocenters. The Morgan fingerprint density at radius 1 is 1.07 bits per heavy atom.